The summed E-state index contributed by atoms with van der Waals surface area (Å²) < 4.78 is 6.32. The van der Waals surface area contributed by atoms with E-state index in [0.29, 0.717) is 17.9 Å². The number of carbonyl (C=O) groups excluding carboxylic acids is 2. The molecule has 4 nitrogen and oxygen atoms in total. The Kier molecular flexibility index (Phi) is 5.74. The van der Waals surface area contributed by atoms with Crippen LogP contribution in [0.15, 0.2) is 39.5 Å². The zero-order valence-electron chi connectivity index (χ0n) is 12.3. The Balaban J connectivity index is 1.97. The monoisotopic (exact) mass is 381 g/mol. The first-order valence-electron chi connectivity index (χ1n) is 6.65. The van der Waals surface area contributed by atoms with Crippen LogP contribution in [-0.4, -0.2) is 30.2 Å². The lowest BCUT2D eigenvalue weighted by Gasteiger charge is -2.17. The van der Waals surface area contributed by atoms with Crippen LogP contribution in [0.3, 0.4) is 0 Å². The lowest BCUT2D eigenvalue weighted by molar-refractivity contribution is -0.132. The highest BCUT2D eigenvalue weighted by Gasteiger charge is 2.14. The van der Waals surface area contributed by atoms with Crippen molar-refractivity contribution in [2.75, 3.05) is 13.7 Å². The van der Waals surface area contributed by atoms with Gasteiger partial charge in [-0.3, -0.25) is 9.59 Å². The zero-order valence-corrected chi connectivity index (χ0v) is 14.7. The molecule has 0 aliphatic heterocycles. The molecule has 0 saturated carbocycles. The van der Waals surface area contributed by atoms with Gasteiger partial charge in [-0.1, -0.05) is 15.9 Å². The van der Waals surface area contributed by atoms with Crippen LogP contribution in [0.5, 0.6) is 5.75 Å². The molecule has 0 bridgehead atoms. The van der Waals surface area contributed by atoms with Crippen LogP contribution < -0.4 is 4.74 Å². The fourth-order valence-corrected chi connectivity index (χ4v) is 2.92. The standard InChI is InChI=1S/C16H16BrNO3S/c1-11(19)14-7-13(17)3-4-15(14)21-9-16(20)18(2)8-12-5-6-22-10-12/h3-7,10H,8-9H2,1-2H3. The maximum absolute atomic E-state index is 12.1. The van der Waals surface area contributed by atoms with Gasteiger partial charge in [0.05, 0.1) is 5.56 Å². The van der Waals surface area contributed by atoms with Crippen molar-refractivity contribution >= 4 is 39.0 Å². The van der Waals surface area contributed by atoms with E-state index in [-0.39, 0.29) is 18.3 Å². The Labute approximate surface area is 141 Å². The predicted molar refractivity (Wildman–Crippen MR) is 90.4 cm³/mol. The van der Waals surface area contributed by atoms with E-state index in [1.807, 2.05) is 16.8 Å². The molecule has 0 spiro atoms. The van der Waals surface area contributed by atoms with Crippen molar-refractivity contribution in [2.45, 2.75) is 13.5 Å². The lowest BCUT2D eigenvalue weighted by Crippen LogP contribution is -2.31. The second-order valence-electron chi connectivity index (χ2n) is 4.87. The maximum Gasteiger partial charge on any atom is 0.260 e. The number of thiophene rings is 1. The number of Topliss-reactive ketones (excluding diaryl/α,β-unsaturated/α-hetero) is 1. The van der Waals surface area contributed by atoms with Gasteiger partial charge in [0.25, 0.3) is 5.91 Å². The Hall–Kier alpha value is -1.66. The van der Waals surface area contributed by atoms with E-state index in [1.165, 1.54) is 6.92 Å². The van der Waals surface area contributed by atoms with Gasteiger partial charge in [-0.2, -0.15) is 11.3 Å². The van der Waals surface area contributed by atoms with Gasteiger partial charge in [-0.05, 0) is 47.5 Å². The average Bonchev–Trinajstić information content (AvgIpc) is 2.98. The Morgan fingerprint density at radius 3 is 2.73 bits per heavy atom. The molecule has 0 aliphatic carbocycles. The van der Waals surface area contributed by atoms with E-state index in [4.69, 9.17) is 4.74 Å². The van der Waals surface area contributed by atoms with Gasteiger partial charge >= 0.3 is 0 Å². The summed E-state index contributed by atoms with van der Waals surface area (Å²) in [4.78, 5) is 25.3. The minimum atomic E-state index is -0.136. The van der Waals surface area contributed by atoms with Crippen molar-refractivity contribution in [1.29, 1.82) is 0 Å². The number of amides is 1. The molecule has 1 heterocycles. The number of hydrogen-bond acceptors (Lipinski definition) is 4. The summed E-state index contributed by atoms with van der Waals surface area (Å²) in [6.07, 6.45) is 0. The number of nitrogens with zero attached hydrogens (tertiary/aromatic N) is 1. The molecule has 0 fully saturated rings. The summed E-state index contributed by atoms with van der Waals surface area (Å²) in [5.74, 6) is 0.187. The number of halogens is 1. The highest BCUT2D eigenvalue weighted by atomic mass is 79.9. The third-order valence-corrected chi connectivity index (χ3v) is 4.32. The number of ketones is 1. The van der Waals surface area contributed by atoms with Crippen LogP contribution in [0.4, 0.5) is 0 Å². The number of hydrogen-bond donors (Lipinski definition) is 0. The molecule has 1 aromatic heterocycles. The molecule has 116 valence electrons. The molecular weight excluding hydrogens is 366 g/mol. The highest BCUT2D eigenvalue weighted by molar-refractivity contribution is 9.10. The number of rotatable bonds is 6. The van der Waals surface area contributed by atoms with E-state index >= 15 is 0 Å². The first-order chi connectivity index (χ1) is 10.5. The Bertz CT molecular complexity index is 670. The SMILES string of the molecule is CC(=O)c1cc(Br)ccc1OCC(=O)N(C)Cc1ccsc1. The van der Waals surface area contributed by atoms with E-state index in [1.54, 1.807) is 41.5 Å². The quantitative estimate of drug-likeness (QED) is 0.715. The average molecular weight is 382 g/mol. The van der Waals surface area contributed by atoms with Crippen LogP contribution >= 0.6 is 27.3 Å². The molecule has 0 radical (unpaired) electrons. The maximum atomic E-state index is 12.1. The molecule has 0 unspecified atom stereocenters. The van der Waals surface area contributed by atoms with Crippen molar-refractivity contribution in [1.82, 2.24) is 4.90 Å². The van der Waals surface area contributed by atoms with Crippen LogP contribution in [0.1, 0.15) is 22.8 Å². The van der Waals surface area contributed by atoms with Gasteiger partial charge in [0.2, 0.25) is 0 Å². The summed E-state index contributed by atoms with van der Waals surface area (Å²) in [5, 5.41) is 3.98. The highest BCUT2D eigenvalue weighted by Crippen LogP contribution is 2.23. The molecule has 0 saturated heterocycles. The zero-order chi connectivity index (χ0) is 16.1. The molecule has 22 heavy (non-hydrogen) atoms. The van der Waals surface area contributed by atoms with Crippen molar-refractivity contribution in [3.8, 4) is 5.75 Å². The minimum absolute atomic E-state index is 0.0947. The van der Waals surface area contributed by atoms with Crippen molar-refractivity contribution in [3.05, 3.63) is 50.6 Å². The van der Waals surface area contributed by atoms with Gasteiger partial charge in [0.1, 0.15) is 5.75 Å². The summed E-state index contributed by atoms with van der Waals surface area (Å²) >= 11 is 4.92. The van der Waals surface area contributed by atoms with E-state index < -0.39 is 0 Å². The van der Waals surface area contributed by atoms with Gasteiger partial charge in [-0.25, -0.2) is 0 Å². The summed E-state index contributed by atoms with van der Waals surface area (Å²) in [6.45, 7) is 1.92. The van der Waals surface area contributed by atoms with Gasteiger partial charge in [0, 0.05) is 18.1 Å². The first-order valence-corrected chi connectivity index (χ1v) is 8.39. The van der Waals surface area contributed by atoms with Crippen LogP contribution in [0, 0.1) is 0 Å². The smallest absolute Gasteiger partial charge is 0.260 e. The molecule has 1 amide bonds. The second-order valence-corrected chi connectivity index (χ2v) is 6.56. The van der Waals surface area contributed by atoms with Crippen LogP contribution in [0.25, 0.3) is 0 Å². The third-order valence-electron chi connectivity index (χ3n) is 3.10. The van der Waals surface area contributed by atoms with Crippen molar-refractivity contribution in [3.63, 3.8) is 0 Å². The third kappa shape index (κ3) is 4.42. The van der Waals surface area contributed by atoms with Crippen molar-refractivity contribution in [2.24, 2.45) is 0 Å². The van der Waals surface area contributed by atoms with Crippen LogP contribution in [-0.2, 0) is 11.3 Å². The number of benzene rings is 1. The van der Waals surface area contributed by atoms with Gasteiger partial charge in [-0.15, -0.1) is 0 Å². The fourth-order valence-electron chi connectivity index (χ4n) is 1.90. The van der Waals surface area contributed by atoms with E-state index in [0.717, 1.165) is 10.0 Å². The molecule has 0 N–H and O–H groups in total. The lowest BCUT2D eigenvalue weighted by atomic mass is 10.1. The van der Waals surface area contributed by atoms with Gasteiger partial charge < -0.3 is 9.64 Å². The molecule has 1 aromatic carbocycles. The van der Waals surface area contributed by atoms with E-state index in [2.05, 4.69) is 15.9 Å². The predicted octanol–water partition coefficient (Wildman–Crippen LogP) is 3.75. The Morgan fingerprint density at radius 1 is 1.32 bits per heavy atom. The van der Waals surface area contributed by atoms with Crippen LogP contribution in [0.2, 0.25) is 0 Å². The molecule has 6 heteroatoms. The largest absolute Gasteiger partial charge is 0.483 e. The molecule has 0 atom stereocenters. The topological polar surface area (TPSA) is 46.6 Å². The molecule has 0 aliphatic rings. The fraction of sp³-hybridized carbons (Fsp3) is 0.250. The first kappa shape index (κ1) is 16.7. The minimum Gasteiger partial charge on any atom is -0.483 e. The normalized spacial score (nSPS) is 10.3. The molecule has 2 rings (SSSR count). The van der Waals surface area contributed by atoms with E-state index in [9.17, 15) is 9.59 Å². The van der Waals surface area contributed by atoms with Gasteiger partial charge in [0.15, 0.2) is 12.4 Å². The summed E-state index contributed by atoms with van der Waals surface area (Å²) in [7, 11) is 1.73. The number of ether oxygens (including phenoxy) is 1. The number of likely N-dealkylation sites (N-methyl/N-ethyl adjacent to an activating group) is 1. The summed E-state index contributed by atoms with van der Waals surface area (Å²) in [6, 6.07) is 7.14. The van der Waals surface area contributed by atoms with Crippen molar-refractivity contribution < 1.29 is 14.3 Å². The summed E-state index contributed by atoms with van der Waals surface area (Å²) in [5.41, 5.74) is 1.55. The molecule has 2 aromatic rings. The number of carbonyl (C=O) groups is 2. The Morgan fingerprint density at radius 2 is 2.09 bits per heavy atom. The molecular formula is C16H16BrNO3S. The second kappa shape index (κ2) is 7.56.